The molecule has 0 aliphatic carbocycles. The highest BCUT2D eigenvalue weighted by atomic mass is 19.1. The van der Waals surface area contributed by atoms with E-state index in [0.717, 1.165) is 36.5 Å². The Kier molecular flexibility index (Phi) is 2.33. The summed E-state index contributed by atoms with van der Waals surface area (Å²) in [5.41, 5.74) is 8.91. The first kappa shape index (κ1) is 10.3. The summed E-state index contributed by atoms with van der Waals surface area (Å²) in [6, 6.07) is 6.26. The molecule has 3 rings (SSSR count). The molecule has 0 spiro atoms. The van der Waals surface area contributed by atoms with Crippen LogP contribution in [0.2, 0.25) is 0 Å². The minimum Gasteiger partial charge on any atom is -0.382 e. The second-order valence-electron chi connectivity index (χ2n) is 4.13. The summed E-state index contributed by atoms with van der Waals surface area (Å²) in [4.78, 5) is 0. The lowest BCUT2D eigenvalue weighted by Crippen LogP contribution is -2.25. The van der Waals surface area contributed by atoms with Crippen LogP contribution in [0.3, 0.4) is 0 Å². The molecule has 1 aliphatic rings. The summed E-state index contributed by atoms with van der Waals surface area (Å²) in [6.45, 7) is 1.67. The van der Waals surface area contributed by atoms with Crippen LogP contribution >= 0.6 is 0 Å². The molecule has 0 fully saturated rings. The van der Waals surface area contributed by atoms with Crippen LogP contribution in [0.25, 0.3) is 5.69 Å². The number of benzene rings is 1. The first-order valence-electron chi connectivity index (χ1n) is 5.58. The van der Waals surface area contributed by atoms with E-state index in [0.29, 0.717) is 5.82 Å². The number of rotatable bonds is 1. The monoisotopic (exact) mass is 232 g/mol. The first-order chi connectivity index (χ1) is 8.25. The molecule has 2 heterocycles. The molecule has 5 heteroatoms. The summed E-state index contributed by atoms with van der Waals surface area (Å²) in [5.74, 6) is 0.326. The van der Waals surface area contributed by atoms with Crippen LogP contribution in [0.5, 0.6) is 0 Å². The van der Waals surface area contributed by atoms with Gasteiger partial charge in [0.05, 0.1) is 11.4 Å². The van der Waals surface area contributed by atoms with Gasteiger partial charge in [0.15, 0.2) is 0 Å². The molecule has 0 saturated heterocycles. The van der Waals surface area contributed by atoms with E-state index in [-0.39, 0.29) is 5.82 Å². The predicted molar refractivity (Wildman–Crippen MR) is 63.3 cm³/mol. The van der Waals surface area contributed by atoms with E-state index in [4.69, 9.17) is 5.73 Å². The average Bonchev–Trinajstić information content (AvgIpc) is 2.69. The maximum absolute atomic E-state index is 12.9. The van der Waals surface area contributed by atoms with Crippen molar-refractivity contribution in [2.75, 3.05) is 12.3 Å². The highest BCUT2D eigenvalue weighted by Crippen LogP contribution is 2.23. The van der Waals surface area contributed by atoms with E-state index in [1.165, 1.54) is 12.1 Å². The standard InChI is InChI=1S/C12H13FN4/c13-8-1-3-9(4-2-8)17-11-7-15-6-5-10(11)12(14)16-17/h1-4,15H,5-7H2,(H2,14,16). The molecule has 3 N–H and O–H groups in total. The number of aromatic nitrogens is 2. The summed E-state index contributed by atoms with van der Waals surface area (Å²) in [5, 5.41) is 7.61. The number of nitrogens with one attached hydrogen (secondary N) is 1. The van der Waals surface area contributed by atoms with Gasteiger partial charge in [0.25, 0.3) is 0 Å². The van der Waals surface area contributed by atoms with Crippen molar-refractivity contribution in [1.82, 2.24) is 15.1 Å². The van der Waals surface area contributed by atoms with Crippen molar-refractivity contribution < 1.29 is 4.39 Å². The molecule has 2 aromatic rings. The zero-order valence-corrected chi connectivity index (χ0v) is 9.28. The molecule has 1 aromatic heterocycles. The molecule has 0 radical (unpaired) electrons. The normalized spacial score (nSPS) is 14.6. The number of fused-ring (bicyclic) bond motifs is 1. The maximum Gasteiger partial charge on any atom is 0.149 e. The molecule has 0 unspecified atom stereocenters. The van der Waals surface area contributed by atoms with Crippen molar-refractivity contribution in [3.8, 4) is 5.69 Å². The Bertz CT molecular complexity index is 544. The highest BCUT2D eigenvalue weighted by molar-refractivity contribution is 5.48. The van der Waals surface area contributed by atoms with E-state index in [2.05, 4.69) is 10.4 Å². The molecule has 0 bridgehead atoms. The van der Waals surface area contributed by atoms with Gasteiger partial charge in [-0.1, -0.05) is 0 Å². The van der Waals surface area contributed by atoms with Crippen LogP contribution < -0.4 is 11.1 Å². The second kappa shape index (κ2) is 3.85. The third-order valence-corrected chi connectivity index (χ3v) is 3.04. The van der Waals surface area contributed by atoms with Gasteiger partial charge in [-0.25, -0.2) is 9.07 Å². The lowest BCUT2D eigenvalue weighted by atomic mass is 10.1. The number of nitrogens with zero attached hydrogens (tertiary/aromatic N) is 2. The van der Waals surface area contributed by atoms with Crippen molar-refractivity contribution in [3.05, 3.63) is 41.3 Å². The molecule has 0 saturated carbocycles. The van der Waals surface area contributed by atoms with Crippen LogP contribution in [0.15, 0.2) is 24.3 Å². The lowest BCUT2D eigenvalue weighted by molar-refractivity contribution is 0.611. The molecule has 17 heavy (non-hydrogen) atoms. The Labute approximate surface area is 98.2 Å². The Balaban J connectivity index is 2.11. The minimum absolute atomic E-state index is 0.249. The highest BCUT2D eigenvalue weighted by Gasteiger charge is 2.19. The molecule has 0 amide bonds. The smallest absolute Gasteiger partial charge is 0.149 e. The molecule has 88 valence electrons. The minimum atomic E-state index is -0.249. The number of nitrogen functional groups attached to an aromatic ring is 1. The van der Waals surface area contributed by atoms with Gasteiger partial charge in [0.1, 0.15) is 11.6 Å². The van der Waals surface area contributed by atoms with Crippen molar-refractivity contribution >= 4 is 5.82 Å². The fourth-order valence-electron chi connectivity index (χ4n) is 2.17. The molecular weight excluding hydrogens is 219 g/mol. The topological polar surface area (TPSA) is 55.9 Å². The van der Waals surface area contributed by atoms with E-state index in [1.54, 1.807) is 16.8 Å². The van der Waals surface area contributed by atoms with E-state index in [1.807, 2.05) is 0 Å². The fourth-order valence-corrected chi connectivity index (χ4v) is 2.17. The average molecular weight is 232 g/mol. The number of hydrogen-bond acceptors (Lipinski definition) is 3. The van der Waals surface area contributed by atoms with Crippen molar-refractivity contribution in [2.24, 2.45) is 0 Å². The zero-order chi connectivity index (χ0) is 11.8. The van der Waals surface area contributed by atoms with Gasteiger partial charge in [-0.05, 0) is 37.2 Å². The Morgan fingerprint density at radius 1 is 1.29 bits per heavy atom. The third kappa shape index (κ3) is 1.68. The summed E-state index contributed by atoms with van der Waals surface area (Å²) < 4.78 is 14.7. The zero-order valence-electron chi connectivity index (χ0n) is 9.28. The maximum atomic E-state index is 12.9. The Morgan fingerprint density at radius 2 is 2.06 bits per heavy atom. The van der Waals surface area contributed by atoms with Crippen molar-refractivity contribution in [1.29, 1.82) is 0 Å². The van der Waals surface area contributed by atoms with Gasteiger partial charge in [0, 0.05) is 12.1 Å². The third-order valence-electron chi connectivity index (χ3n) is 3.04. The molecule has 4 nitrogen and oxygen atoms in total. The first-order valence-corrected chi connectivity index (χ1v) is 5.58. The number of halogens is 1. The van der Waals surface area contributed by atoms with Crippen molar-refractivity contribution in [2.45, 2.75) is 13.0 Å². The van der Waals surface area contributed by atoms with Gasteiger partial charge < -0.3 is 11.1 Å². The molecule has 0 atom stereocenters. The van der Waals surface area contributed by atoms with Crippen LogP contribution in [-0.4, -0.2) is 16.3 Å². The number of nitrogens with two attached hydrogens (primary N) is 1. The van der Waals surface area contributed by atoms with Crippen molar-refractivity contribution in [3.63, 3.8) is 0 Å². The van der Waals surface area contributed by atoms with Gasteiger partial charge in [-0.2, -0.15) is 5.10 Å². The Morgan fingerprint density at radius 3 is 2.82 bits per heavy atom. The van der Waals surface area contributed by atoms with E-state index >= 15 is 0 Å². The predicted octanol–water partition coefficient (Wildman–Crippen LogP) is 1.24. The van der Waals surface area contributed by atoms with Gasteiger partial charge in [-0.15, -0.1) is 0 Å². The second-order valence-corrected chi connectivity index (χ2v) is 4.13. The molecule has 1 aliphatic heterocycles. The summed E-state index contributed by atoms with van der Waals surface area (Å²) >= 11 is 0. The van der Waals surface area contributed by atoms with E-state index < -0.39 is 0 Å². The Hall–Kier alpha value is -1.88. The molecule has 1 aromatic carbocycles. The molecular formula is C12H13FN4. The number of hydrogen-bond donors (Lipinski definition) is 2. The van der Waals surface area contributed by atoms with Gasteiger partial charge in [0.2, 0.25) is 0 Å². The quantitative estimate of drug-likeness (QED) is 0.777. The lowest BCUT2D eigenvalue weighted by Gasteiger charge is -2.15. The van der Waals surface area contributed by atoms with Crippen LogP contribution in [-0.2, 0) is 13.0 Å². The number of anilines is 1. The summed E-state index contributed by atoms with van der Waals surface area (Å²) in [6.07, 6.45) is 0.891. The van der Waals surface area contributed by atoms with Gasteiger partial charge in [-0.3, -0.25) is 0 Å². The summed E-state index contributed by atoms with van der Waals surface area (Å²) in [7, 11) is 0. The van der Waals surface area contributed by atoms with Gasteiger partial charge >= 0.3 is 0 Å². The SMILES string of the molecule is Nc1nn(-c2ccc(F)cc2)c2c1CCNC2. The van der Waals surface area contributed by atoms with Crippen LogP contribution in [0, 0.1) is 5.82 Å². The fraction of sp³-hybridized carbons (Fsp3) is 0.250. The van der Waals surface area contributed by atoms with Crippen LogP contribution in [0.1, 0.15) is 11.3 Å². The van der Waals surface area contributed by atoms with E-state index in [9.17, 15) is 4.39 Å². The van der Waals surface area contributed by atoms with Crippen LogP contribution in [0.4, 0.5) is 10.2 Å². The largest absolute Gasteiger partial charge is 0.382 e.